The molecule has 0 bridgehead atoms. The summed E-state index contributed by atoms with van der Waals surface area (Å²) in [4.78, 5) is 46.9. The largest absolute Gasteiger partial charge is 0.355 e. The van der Waals surface area contributed by atoms with Crippen LogP contribution in [0.15, 0.2) is 42.7 Å². The molecule has 0 aromatic heterocycles. The Balaban J connectivity index is 0.000000861. The minimum absolute atomic E-state index is 0.0136. The highest BCUT2D eigenvalue weighted by Gasteiger charge is 2.16. The summed E-state index contributed by atoms with van der Waals surface area (Å²) in [5, 5.41) is 2.70. The Hall–Kier alpha value is -2.67. The molecule has 3 N–H and O–H groups in total. The number of nitrogens with one attached hydrogen (secondary N) is 1. The van der Waals surface area contributed by atoms with Gasteiger partial charge in [0.2, 0.25) is 12.3 Å². The van der Waals surface area contributed by atoms with Crippen LogP contribution in [0.3, 0.4) is 0 Å². The lowest BCUT2D eigenvalue weighted by Crippen LogP contribution is -2.31. The van der Waals surface area contributed by atoms with Crippen molar-refractivity contribution in [3.63, 3.8) is 0 Å². The van der Waals surface area contributed by atoms with Crippen molar-refractivity contribution < 1.29 is 19.2 Å². The fourth-order valence-corrected chi connectivity index (χ4v) is 2.91. The van der Waals surface area contributed by atoms with Crippen molar-refractivity contribution in [3.05, 3.63) is 53.8 Å². The zero-order valence-electron chi connectivity index (χ0n) is 19.6. The number of carbonyl (C=O) groups excluding carboxylic acids is 4. The molecule has 7 nitrogen and oxygen atoms in total. The average molecular weight is 476 g/mol. The maximum Gasteiger partial charge on any atom is 0.260 e. The van der Waals surface area contributed by atoms with Crippen molar-refractivity contribution in [2.75, 3.05) is 25.4 Å². The lowest BCUT2D eigenvalue weighted by Gasteiger charge is -2.16. The van der Waals surface area contributed by atoms with E-state index >= 15 is 0 Å². The van der Waals surface area contributed by atoms with E-state index in [0.717, 1.165) is 42.7 Å². The predicted octanol–water partition coefficient (Wildman–Crippen LogP) is 3.23. The number of unbranched alkanes of at least 4 members (excludes halogenated alkanes) is 2. The molecule has 182 valence electrons. The number of hydrogen-bond donors (Lipinski definition) is 3. The molecule has 1 aromatic rings. The summed E-state index contributed by atoms with van der Waals surface area (Å²) >= 11 is 3.80. The lowest BCUT2D eigenvalue weighted by atomic mass is 10.1. The molecule has 0 atom stereocenters. The third kappa shape index (κ3) is 14.9. The SMILES string of the molecule is C=C=CCCCC(=O)CCCN(C=O)C(=O)c1ccccc1C.NCCCCNC(=O)CS. The normalized spacial score (nSPS) is 9.67. The van der Waals surface area contributed by atoms with Gasteiger partial charge < -0.3 is 11.1 Å². The highest BCUT2D eigenvalue weighted by Crippen LogP contribution is 2.11. The molecule has 0 radical (unpaired) electrons. The number of hydrogen-bond acceptors (Lipinski definition) is 6. The molecular weight excluding hydrogens is 438 g/mol. The van der Waals surface area contributed by atoms with Gasteiger partial charge in [-0.2, -0.15) is 12.6 Å². The molecule has 0 saturated heterocycles. The van der Waals surface area contributed by atoms with E-state index in [1.165, 1.54) is 0 Å². The maximum absolute atomic E-state index is 12.3. The first-order valence-electron chi connectivity index (χ1n) is 11.2. The molecule has 0 fully saturated rings. The molecule has 0 saturated carbocycles. The van der Waals surface area contributed by atoms with E-state index in [0.29, 0.717) is 37.8 Å². The molecule has 33 heavy (non-hydrogen) atoms. The number of allylic oxidation sites excluding steroid dienone is 1. The van der Waals surface area contributed by atoms with E-state index < -0.39 is 0 Å². The number of ketones is 1. The standard InChI is InChI=1S/C19H23NO3.C6H14N2OS/c1-3-4-5-6-11-17(22)12-9-14-20(15-21)19(23)18-13-8-7-10-16(18)2;7-3-1-2-4-8-6(9)5-10/h4,7-8,10,13,15H,1,5-6,9,11-12,14H2,2H3;10H,1-5,7H2,(H,8,9). The van der Waals surface area contributed by atoms with Crippen LogP contribution in [0.1, 0.15) is 60.9 Å². The first kappa shape index (κ1) is 30.3. The van der Waals surface area contributed by atoms with Crippen molar-refractivity contribution in [1.29, 1.82) is 0 Å². The second-order valence-corrected chi connectivity index (χ2v) is 7.68. The van der Waals surface area contributed by atoms with Crippen molar-refractivity contribution in [3.8, 4) is 0 Å². The molecule has 0 aliphatic carbocycles. The van der Waals surface area contributed by atoms with E-state index in [4.69, 9.17) is 5.73 Å². The number of nitrogens with two attached hydrogens (primary N) is 1. The smallest absolute Gasteiger partial charge is 0.260 e. The summed E-state index contributed by atoms with van der Waals surface area (Å²) in [6.07, 6.45) is 7.21. The molecule has 0 aliphatic rings. The molecule has 1 aromatic carbocycles. The van der Waals surface area contributed by atoms with E-state index in [1.807, 2.05) is 25.1 Å². The van der Waals surface area contributed by atoms with Crippen LogP contribution >= 0.6 is 12.6 Å². The summed E-state index contributed by atoms with van der Waals surface area (Å²) in [6, 6.07) is 7.14. The molecule has 0 heterocycles. The second kappa shape index (κ2) is 20.0. The van der Waals surface area contributed by atoms with E-state index in [9.17, 15) is 19.2 Å². The van der Waals surface area contributed by atoms with Crippen molar-refractivity contribution >= 4 is 36.6 Å². The Morgan fingerprint density at radius 3 is 2.45 bits per heavy atom. The number of benzene rings is 1. The monoisotopic (exact) mass is 475 g/mol. The van der Waals surface area contributed by atoms with Crippen LogP contribution < -0.4 is 11.1 Å². The van der Waals surface area contributed by atoms with Gasteiger partial charge in [-0.3, -0.25) is 24.1 Å². The molecular formula is C25H37N3O4S. The van der Waals surface area contributed by atoms with E-state index in [2.05, 4.69) is 30.3 Å². The van der Waals surface area contributed by atoms with Crippen LogP contribution in [0.25, 0.3) is 0 Å². The summed E-state index contributed by atoms with van der Waals surface area (Å²) in [5.74, 6) is 0.0847. The highest BCUT2D eigenvalue weighted by atomic mass is 32.1. The van der Waals surface area contributed by atoms with Gasteiger partial charge in [0, 0.05) is 31.5 Å². The Labute approximate surface area is 202 Å². The molecule has 8 heteroatoms. The van der Waals surface area contributed by atoms with Gasteiger partial charge in [0.05, 0.1) is 5.75 Å². The zero-order valence-corrected chi connectivity index (χ0v) is 20.4. The fourth-order valence-electron chi connectivity index (χ4n) is 2.80. The van der Waals surface area contributed by atoms with Crippen LogP contribution in [-0.4, -0.2) is 54.3 Å². The highest BCUT2D eigenvalue weighted by molar-refractivity contribution is 7.81. The maximum atomic E-state index is 12.3. The Morgan fingerprint density at radius 1 is 1.15 bits per heavy atom. The average Bonchev–Trinajstić information content (AvgIpc) is 2.82. The summed E-state index contributed by atoms with van der Waals surface area (Å²) in [7, 11) is 0. The van der Waals surface area contributed by atoms with Gasteiger partial charge >= 0.3 is 0 Å². The predicted molar refractivity (Wildman–Crippen MR) is 135 cm³/mol. The Bertz CT molecular complexity index is 792. The van der Waals surface area contributed by atoms with Gasteiger partial charge in [0.1, 0.15) is 5.78 Å². The molecule has 0 unspecified atom stereocenters. The number of nitrogens with zero attached hydrogens (tertiary/aromatic N) is 1. The second-order valence-electron chi connectivity index (χ2n) is 7.37. The topological polar surface area (TPSA) is 110 Å². The number of thiol groups is 1. The molecule has 0 spiro atoms. The first-order valence-corrected chi connectivity index (χ1v) is 11.8. The molecule has 1 rings (SSSR count). The van der Waals surface area contributed by atoms with Crippen LogP contribution in [0.4, 0.5) is 0 Å². The van der Waals surface area contributed by atoms with Crippen LogP contribution in [0.5, 0.6) is 0 Å². The first-order chi connectivity index (χ1) is 15.9. The quantitative estimate of drug-likeness (QED) is 0.156. The minimum Gasteiger partial charge on any atom is -0.355 e. The lowest BCUT2D eigenvalue weighted by molar-refractivity contribution is -0.120. The van der Waals surface area contributed by atoms with Crippen molar-refractivity contribution in [1.82, 2.24) is 10.2 Å². The van der Waals surface area contributed by atoms with Gasteiger partial charge in [-0.15, -0.1) is 5.73 Å². The summed E-state index contributed by atoms with van der Waals surface area (Å²) < 4.78 is 0. The van der Waals surface area contributed by atoms with Crippen LogP contribution in [-0.2, 0) is 14.4 Å². The van der Waals surface area contributed by atoms with Gasteiger partial charge in [-0.1, -0.05) is 24.8 Å². The van der Waals surface area contributed by atoms with Gasteiger partial charge in [0.25, 0.3) is 5.91 Å². The molecule has 3 amide bonds. The third-order valence-corrected chi connectivity index (χ3v) is 4.95. The summed E-state index contributed by atoms with van der Waals surface area (Å²) in [5.41, 5.74) is 9.27. The number of amides is 3. The van der Waals surface area contributed by atoms with Crippen molar-refractivity contribution in [2.24, 2.45) is 5.73 Å². The van der Waals surface area contributed by atoms with Crippen LogP contribution in [0.2, 0.25) is 0 Å². The third-order valence-electron chi connectivity index (χ3n) is 4.66. The number of rotatable bonds is 15. The van der Waals surface area contributed by atoms with Gasteiger partial charge in [0.15, 0.2) is 0 Å². The van der Waals surface area contributed by atoms with Crippen LogP contribution in [0, 0.1) is 6.92 Å². The summed E-state index contributed by atoms with van der Waals surface area (Å²) in [6.45, 7) is 6.97. The van der Waals surface area contributed by atoms with Crippen molar-refractivity contribution in [2.45, 2.75) is 51.9 Å². The zero-order chi connectivity index (χ0) is 24.9. The van der Waals surface area contributed by atoms with Gasteiger partial charge in [-0.25, -0.2) is 0 Å². The number of carbonyl (C=O) groups is 4. The van der Waals surface area contributed by atoms with E-state index in [-0.39, 0.29) is 29.9 Å². The van der Waals surface area contributed by atoms with E-state index in [1.54, 1.807) is 12.1 Å². The Kier molecular flexibility index (Phi) is 18.4. The van der Waals surface area contributed by atoms with Gasteiger partial charge in [-0.05, 0) is 63.3 Å². The number of Topliss-reactive ketones (excluding diaryl/α,β-unsaturated/α-hetero) is 1. The fraction of sp³-hybridized carbons (Fsp3) is 0.480. The Morgan fingerprint density at radius 2 is 1.85 bits per heavy atom. The number of imide groups is 1. The molecule has 0 aliphatic heterocycles. The minimum atomic E-state index is -0.318. The number of aryl methyl sites for hydroxylation is 1.